The molecule has 0 saturated carbocycles. The number of alkyl halides is 3. The molecular formula is C18H23F3N2O2. The lowest BCUT2D eigenvalue weighted by Crippen LogP contribution is -2.42. The number of carbonyl (C=O) groups excluding carboxylic acids is 1. The first-order valence-electron chi connectivity index (χ1n) is 8.71. The highest BCUT2D eigenvalue weighted by atomic mass is 19.4. The van der Waals surface area contributed by atoms with E-state index in [0.29, 0.717) is 18.5 Å². The monoisotopic (exact) mass is 356 g/mol. The van der Waals surface area contributed by atoms with E-state index in [4.69, 9.17) is 0 Å². The zero-order chi connectivity index (χ0) is 18.0. The molecule has 1 amide bonds. The van der Waals surface area contributed by atoms with Gasteiger partial charge < -0.3 is 10.0 Å². The number of halogens is 3. The number of nitrogens with zero attached hydrogens (tertiary/aromatic N) is 2. The van der Waals surface area contributed by atoms with Crippen molar-refractivity contribution in [3.63, 3.8) is 0 Å². The van der Waals surface area contributed by atoms with Gasteiger partial charge in [0, 0.05) is 25.7 Å². The van der Waals surface area contributed by atoms with E-state index >= 15 is 0 Å². The second-order valence-electron chi connectivity index (χ2n) is 6.90. The lowest BCUT2D eigenvalue weighted by Gasteiger charge is -2.30. The summed E-state index contributed by atoms with van der Waals surface area (Å²) in [6, 6.07) is 4.81. The number of benzene rings is 1. The summed E-state index contributed by atoms with van der Waals surface area (Å²) < 4.78 is 38.9. The molecule has 0 radical (unpaired) electrons. The maximum atomic E-state index is 13.0. The molecule has 3 rings (SSSR count). The number of amides is 1. The van der Waals surface area contributed by atoms with E-state index < -0.39 is 17.8 Å². The molecule has 0 bridgehead atoms. The Morgan fingerprint density at radius 2 is 1.92 bits per heavy atom. The van der Waals surface area contributed by atoms with Crippen LogP contribution in [-0.2, 0) is 11.0 Å². The first-order chi connectivity index (χ1) is 11.8. The van der Waals surface area contributed by atoms with Crippen LogP contribution in [0.15, 0.2) is 24.3 Å². The summed E-state index contributed by atoms with van der Waals surface area (Å²) in [6.45, 7) is 1.92. The Balaban J connectivity index is 1.74. The van der Waals surface area contributed by atoms with E-state index in [0.717, 1.165) is 44.5 Å². The Kier molecular flexibility index (Phi) is 5.34. The smallest absolute Gasteiger partial charge is 0.392 e. The molecule has 7 heteroatoms. The summed E-state index contributed by atoms with van der Waals surface area (Å²) in [5, 5.41) is 9.99. The summed E-state index contributed by atoms with van der Waals surface area (Å²) >= 11 is 0. The first kappa shape index (κ1) is 18.2. The van der Waals surface area contributed by atoms with Crippen LogP contribution in [0.5, 0.6) is 0 Å². The van der Waals surface area contributed by atoms with Crippen molar-refractivity contribution in [3.05, 3.63) is 35.4 Å². The van der Waals surface area contributed by atoms with E-state index in [9.17, 15) is 23.1 Å². The van der Waals surface area contributed by atoms with Crippen LogP contribution in [0.25, 0.3) is 0 Å². The average Bonchev–Trinajstić information content (AvgIpc) is 2.95. The van der Waals surface area contributed by atoms with Crippen LogP contribution >= 0.6 is 0 Å². The van der Waals surface area contributed by atoms with Crippen molar-refractivity contribution in [1.82, 2.24) is 9.80 Å². The van der Waals surface area contributed by atoms with Crippen molar-refractivity contribution in [2.45, 2.75) is 44.0 Å². The van der Waals surface area contributed by atoms with Gasteiger partial charge in [-0.3, -0.25) is 9.69 Å². The number of likely N-dealkylation sites (tertiary alicyclic amines) is 2. The predicted octanol–water partition coefficient (Wildman–Crippen LogP) is 2.83. The van der Waals surface area contributed by atoms with E-state index in [2.05, 4.69) is 0 Å². The SMILES string of the molecule is O=C(CN1C[C@@H](O)C[C@@H]1c1cccc(C(F)(F)F)c1)N1CCCCC1. The fourth-order valence-electron chi connectivity index (χ4n) is 3.74. The van der Waals surface area contributed by atoms with Crippen LogP contribution in [0.1, 0.15) is 42.9 Å². The van der Waals surface area contributed by atoms with E-state index in [1.54, 1.807) is 11.0 Å². The molecule has 2 heterocycles. The van der Waals surface area contributed by atoms with E-state index in [-0.39, 0.29) is 18.5 Å². The normalized spacial score (nSPS) is 25.4. The summed E-state index contributed by atoms with van der Waals surface area (Å²) in [4.78, 5) is 16.1. The van der Waals surface area contributed by atoms with Crippen LogP contribution in [-0.4, -0.2) is 53.1 Å². The number of aliphatic hydroxyl groups is 1. The third-order valence-corrected chi connectivity index (χ3v) is 5.03. The maximum Gasteiger partial charge on any atom is 0.416 e. The van der Waals surface area contributed by atoms with Crippen molar-refractivity contribution in [3.8, 4) is 0 Å². The molecule has 0 aliphatic carbocycles. The average molecular weight is 356 g/mol. The predicted molar refractivity (Wildman–Crippen MR) is 86.8 cm³/mol. The van der Waals surface area contributed by atoms with Crippen LogP contribution in [0.3, 0.4) is 0 Å². The van der Waals surface area contributed by atoms with Gasteiger partial charge >= 0.3 is 6.18 Å². The highest BCUT2D eigenvalue weighted by Crippen LogP contribution is 2.36. The first-order valence-corrected chi connectivity index (χ1v) is 8.71. The molecule has 1 aromatic carbocycles. The van der Waals surface area contributed by atoms with Crippen LogP contribution in [0.4, 0.5) is 13.2 Å². The Morgan fingerprint density at radius 3 is 2.60 bits per heavy atom. The summed E-state index contributed by atoms with van der Waals surface area (Å²) in [5.41, 5.74) is -0.202. The molecular weight excluding hydrogens is 333 g/mol. The Hall–Kier alpha value is -1.60. The fraction of sp³-hybridized carbons (Fsp3) is 0.611. The topological polar surface area (TPSA) is 43.8 Å². The molecule has 2 saturated heterocycles. The van der Waals surface area contributed by atoms with Gasteiger partial charge in [-0.25, -0.2) is 0 Å². The molecule has 138 valence electrons. The summed E-state index contributed by atoms with van der Waals surface area (Å²) in [7, 11) is 0. The Bertz CT molecular complexity index is 615. The number of hydrogen-bond acceptors (Lipinski definition) is 3. The summed E-state index contributed by atoms with van der Waals surface area (Å²) in [6.07, 6.45) is -1.58. The second-order valence-corrected chi connectivity index (χ2v) is 6.90. The van der Waals surface area contributed by atoms with E-state index in [1.807, 2.05) is 4.90 Å². The zero-order valence-corrected chi connectivity index (χ0v) is 14.0. The van der Waals surface area contributed by atoms with Crippen molar-refractivity contribution in [2.75, 3.05) is 26.2 Å². The third-order valence-electron chi connectivity index (χ3n) is 5.03. The highest BCUT2D eigenvalue weighted by Gasteiger charge is 2.36. The molecule has 1 aromatic rings. The van der Waals surface area contributed by atoms with Crippen molar-refractivity contribution < 1.29 is 23.1 Å². The molecule has 0 aromatic heterocycles. The van der Waals surface area contributed by atoms with Gasteiger partial charge in [0.2, 0.25) is 5.91 Å². The Labute approximate surface area is 145 Å². The van der Waals surface area contributed by atoms with Crippen molar-refractivity contribution >= 4 is 5.91 Å². The molecule has 2 aliphatic rings. The number of carbonyl (C=O) groups is 1. The summed E-state index contributed by atoms with van der Waals surface area (Å²) in [5.74, 6) is -0.00854. The maximum absolute atomic E-state index is 13.0. The van der Waals surface area contributed by atoms with Gasteiger partial charge in [0.25, 0.3) is 0 Å². The number of rotatable bonds is 3. The minimum absolute atomic E-state index is 0.00854. The number of hydrogen-bond donors (Lipinski definition) is 1. The van der Waals surface area contributed by atoms with Gasteiger partial charge in [-0.15, -0.1) is 0 Å². The quantitative estimate of drug-likeness (QED) is 0.906. The molecule has 4 nitrogen and oxygen atoms in total. The lowest BCUT2D eigenvalue weighted by atomic mass is 10.0. The third kappa shape index (κ3) is 4.33. The van der Waals surface area contributed by atoms with Gasteiger partial charge in [0.1, 0.15) is 0 Å². The Morgan fingerprint density at radius 1 is 1.20 bits per heavy atom. The number of aliphatic hydroxyl groups excluding tert-OH is 1. The van der Waals surface area contributed by atoms with Crippen LogP contribution in [0, 0.1) is 0 Å². The molecule has 2 aliphatic heterocycles. The minimum atomic E-state index is -4.40. The zero-order valence-electron chi connectivity index (χ0n) is 14.0. The molecule has 2 atom stereocenters. The second kappa shape index (κ2) is 7.33. The van der Waals surface area contributed by atoms with Crippen molar-refractivity contribution in [2.24, 2.45) is 0 Å². The fourth-order valence-corrected chi connectivity index (χ4v) is 3.74. The standard InChI is InChI=1S/C18H23F3N2O2/c19-18(20,21)14-6-4-5-13(9-14)16-10-15(24)11-23(16)12-17(25)22-7-2-1-3-8-22/h4-6,9,15-16,24H,1-3,7-8,10-12H2/t15-,16+/m0/s1. The van der Waals surface area contributed by atoms with Gasteiger partial charge in [-0.2, -0.15) is 13.2 Å². The molecule has 0 unspecified atom stereocenters. The van der Waals surface area contributed by atoms with Gasteiger partial charge in [0.15, 0.2) is 0 Å². The number of β-amino-alcohol motifs (C(OH)–C–C–N with tert-alkyl or cyclic N) is 1. The molecule has 1 N–H and O–H groups in total. The van der Waals surface area contributed by atoms with Gasteiger partial charge in [-0.1, -0.05) is 12.1 Å². The van der Waals surface area contributed by atoms with Crippen molar-refractivity contribution in [1.29, 1.82) is 0 Å². The van der Waals surface area contributed by atoms with Crippen LogP contribution < -0.4 is 0 Å². The molecule has 2 fully saturated rings. The molecule has 25 heavy (non-hydrogen) atoms. The highest BCUT2D eigenvalue weighted by molar-refractivity contribution is 5.78. The lowest BCUT2D eigenvalue weighted by molar-refractivity contribution is -0.138. The number of piperidine rings is 1. The minimum Gasteiger partial charge on any atom is -0.392 e. The van der Waals surface area contributed by atoms with Crippen LogP contribution in [0.2, 0.25) is 0 Å². The molecule has 0 spiro atoms. The largest absolute Gasteiger partial charge is 0.416 e. The van der Waals surface area contributed by atoms with Gasteiger partial charge in [-0.05, 0) is 43.4 Å². The van der Waals surface area contributed by atoms with E-state index in [1.165, 1.54) is 6.07 Å². The van der Waals surface area contributed by atoms with Gasteiger partial charge in [0.05, 0.1) is 18.2 Å².